The predicted molar refractivity (Wildman–Crippen MR) is 82.8 cm³/mol. The van der Waals surface area contributed by atoms with Crippen molar-refractivity contribution in [2.75, 3.05) is 19.8 Å². The average Bonchev–Trinajstić information content (AvgIpc) is 2.81. The summed E-state index contributed by atoms with van der Waals surface area (Å²) >= 11 is 5.06. The van der Waals surface area contributed by atoms with Gasteiger partial charge in [-0.1, -0.05) is 19.1 Å². The maximum atomic E-state index is 12.2. The second-order valence-electron chi connectivity index (χ2n) is 4.55. The van der Waals surface area contributed by atoms with Gasteiger partial charge >= 0.3 is 6.18 Å². The van der Waals surface area contributed by atoms with Crippen LogP contribution in [0.4, 0.5) is 13.2 Å². The monoisotopic (exact) mass is 381 g/mol. The van der Waals surface area contributed by atoms with E-state index in [4.69, 9.17) is 4.74 Å². The largest absolute Gasteiger partial charge is 0.411 e. The molecule has 1 heterocycles. The summed E-state index contributed by atoms with van der Waals surface area (Å²) in [6, 6.07) is 5.59. The Morgan fingerprint density at radius 1 is 1.38 bits per heavy atom. The molecule has 1 N–H and O–H groups in total. The molecule has 0 saturated heterocycles. The minimum absolute atomic E-state index is 0.00824. The first-order chi connectivity index (χ1) is 9.92. The Kier molecular flexibility index (Phi) is 5.65. The highest BCUT2D eigenvalue weighted by atomic mass is 79.9. The van der Waals surface area contributed by atoms with Gasteiger partial charge in [0.25, 0.3) is 0 Å². The molecule has 0 aliphatic carbocycles. The van der Waals surface area contributed by atoms with E-state index in [0.717, 1.165) is 20.1 Å². The van der Waals surface area contributed by atoms with Crippen LogP contribution in [0.15, 0.2) is 28.1 Å². The molecule has 0 saturated carbocycles. The van der Waals surface area contributed by atoms with Crippen LogP contribution in [0.25, 0.3) is 10.1 Å². The normalized spacial score (nSPS) is 13.8. The minimum Gasteiger partial charge on any atom is -0.370 e. The smallest absolute Gasteiger partial charge is 0.370 e. The Hall–Kier alpha value is -0.630. The topological polar surface area (TPSA) is 21.3 Å². The number of nitrogens with one attached hydrogen (secondary N) is 1. The summed E-state index contributed by atoms with van der Waals surface area (Å²) in [5.74, 6) is 0. The van der Waals surface area contributed by atoms with Crippen molar-refractivity contribution in [2.45, 2.75) is 19.1 Å². The quantitative estimate of drug-likeness (QED) is 0.768. The molecule has 1 atom stereocenters. The van der Waals surface area contributed by atoms with Crippen molar-refractivity contribution >= 4 is 37.4 Å². The van der Waals surface area contributed by atoms with Crippen LogP contribution < -0.4 is 5.32 Å². The van der Waals surface area contributed by atoms with Crippen molar-refractivity contribution in [3.8, 4) is 0 Å². The third kappa shape index (κ3) is 4.42. The van der Waals surface area contributed by atoms with Crippen molar-refractivity contribution in [3.63, 3.8) is 0 Å². The van der Waals surface area contributed by atoms with Gasteiger partial charge < -0.3 is 10.1 Å². The molecule has 1 aromatic heterocycles. The molecule has 21 heavy (non-hydrogen) atoms. The third-order valence-corrected chi connectivity index (χ3v) is 4.93. The zero-order valence-corrected chi connectivity index (χ0v) is 13.7. The van der Waals surface area contributed by atoms with E-state index >= 15 is 0 Å². The van der Waals surface area contributed by atoms with Gasteiger partial charge in [0, 0.05) is 9.17 Å². The number of rotatable bonds is 6. The van der Waals surface area contributed by atoms with Crippen LogP contribution >= 0.6 is 27.3 Å². The highest BCUT2D eigenvalue weighted by molar-refractivity contribution is 9.10. The van der Waals surface area contributed by atoms with Crippen LogP contribution in [0.3, 0.4) is 0 Å². The van der Waals surface area contributed by atoms with E-state index in [2.05, 4.69) is 21.2 Å². The number of likely N-dealkylation sites (N-methyl/N-ethyl adjacent to an activating group) is 1. The fourth-order valence-corrected chi connectivity index (χ4v) is 3.79. The molecule has 1 aromatic carbocycles. The Bertz CT molecular complexity index is 599. The summed E-state index contributed by atoms with van der Waals surface area (Å²) in [7, 11) is 0. The van der Waals surface area contributed by atoms with E-state index in [-0.39, 0.29) is 12.6 Å². The summed E-state index contributed by atoms with van der Waals surface area (Å²) in [4.78, 5) is 0. The molecule has 0 spiro atoms. The molecule has 0 aliphatic rings. The van der Waals surface area contributed by atoms with Gasteiger partial charge in [-0.15, -0.1) is 11.3 Å². The fourth-order valence-electron chi connectivity index (χ4n) is 2.11. The summed E-state index contributed by atoms with van der Waals surface area (Å²) in [6.07, 6.45) is -4.30. The number of thiophene rings is 1. The van der Waals surface area contributed by atoms with Crippen molar-refractivity contribution in [3.05, 3.63) is 33.6 Å². The lowest BCUT2D eigenvalue weighted by Crippen LogP contribution is -2.27. The minimum atomic E-state index is -4.30. The molecule has 116 valence electrons. The zero-order chi connectivity index (χ0) is 15.5. The molecule has 0 amide bonds. The van der Waals surface area contributed by atoms with E-state index < -0.39 is 12.8 Å². The van der Waals surface area contributed by atoms with E-state index in [1.54, 1.807) is 11.3 Å². The van der Waals surface area contributed by atoms with Crippen LogP contribution in [-0.4, -0.2) is 25.9 Å². The molecule has 0 bridgehead atoms. The highest BCUT2D eigenvalue weighted by Gasteiger charge is 2.28. The summed E-state index contributed by atoms with van der Waals surface area (Å²) in [5.41, 5.74) is 0.973. The van der Waals surface area contributed by atoms with Crippen LogP contribution in [0.2, 0.25) is 0 Å². The van der Waals surface area contributed by atoms with Crippen LogP contribution in [-0.2, 0) is 4.74 Å². The lowest BCUT2D eigenvalue weighted by atomic mass is 10.1. The number of fused-ring (bicyclic) bond motifs is 1. The zero-order valence-electron chi connectivity index (χ0n) is 11.3. The molecular formula is C14H15BrF3NOS. The highest BCUT2D eigenvalue weighted by Crippen LogP contribution is 2.35. The van der Waals surface area contributed by atoms with Crippen LogP contribution in [0.5, 0.6) is 0 Å². The van der Waals surface area contributed by atoms with Gasteiger partial charge in [0.1, 0.15) is 6.61 Å². The fraction of sp³-hybridized carbons (Fsp3) is 0.429. The molecule has 0 radical (unpaired) electrons. The van der Waals surface area contributed by atoms with Gasteiger partial charge in [0.2, 0.25) is 0 Å². The van der Waals surface area contributed by atoms with Crippen molar-refractivity contribution in [1.82, 2.24) is 5.32 Å². The number of benzene rings is 1. The first-order valence-corrected chi connectivity index (χ1v) is 8.13. The number of hydrogen-bond donors (Lipinski definition) is 1. The van der Waals surface area contributed by atoms with E-state index in [0.29, 0.717) is 6.54 Å². The first kappa shape index (κ1) is 16.7. The Morgan fingerprint density at radius 2 is 2.14 bits per heavy atom. The van der Waals surface area contributed by atoms with Gasteiger partial charge in [0.05, 0.1) is 12.6 Å². The number of ether oxygens (including phenoxy) is 1. The average molecular weight is 382 g/mol. The second-order valence-corrected chi connectivity index (χ2v) is 6.28. The number of alkyl halides is 3. The van der Waals surface area contributed by atoms with Crippen molar-refractivity contribution < 1.29 is 17.9 Å². The molecule has 2 rings (SSSR count). The molecule has 1 unspecified atom stereocenters. The van der Waals surface area contributed by atoms with E-state index in [9.17, 15) is 13.2 Å². The SMILES string of the molecule is CCNC(COCC(F)(F)F)c1csc2c(Br)cccc12. The van der Waals surface area contributed by atoms with Gasteiger partial charge in [-0.25, -0.2) is 0 Å². The maximum absolute atomic E-state index is 12.2. The molecule has 7 heteroatoms. The molecule has 0 fully saturated rings. The van der Waals surface area contributed by atoms with Crippen molar-refractivity contribution in [1.29, 1.82) is 0 Å². The molecular weight excluding hydrogens is 367 g/mol. The predicted octanol–water partition coefficient (Wildman–Crippen LogP) is 4.89. The summed E-state index contributed by atoms with van der Waals surface area (Å²) in [5, 5.41) is 6.19. The van der Waals surface area contributed by atoms with Gasteiger partial charge in [-0.2, -0.15) is 13.2 Å². The Labute approximate surface area is 133 Å². The summed E-state index contributed by atoms with van der Waals surface area (Å²) in [6.45, 7) is 1.35. The molecule has 2 nitrogen and oxygen atoms in total. The standard InChI is InChI=1S/C14H15BrF3NOS/c1-2-19-12(6-20-8-14(16,17)18)10-7-21-13-9(10)4-3-5-11(13)15/h3-5,7,12,19H,2,6,8H2,1H3. The Balaban J connectivity index is 2.18. The third-order valence-electron chi connectivity index (χ3n) is 2.96. The maximum Gasteiger partial charge on any atom is 0.411 e. The first-order valence-electron chi connectivity index (χ1n) is 6.46. The van der Waals surface area contributed by atoms with Crippen molar-refractivity contribution in [2.24, 2.45) is 0 Å². The molecule has 0 aliphatic heterocycles. The number of halogens is 4. The lowest BCUT2D eigenvalue weighted by Gasteiger charge is -2.18. The lowest BCUT2D eigenvalue weighted by molar-refractivity contribution is -0.175. The van der Waals surface area contributed by atoms with Gasteiger partial charge in [-0.05, 0) is 44.9 Å². The molecule has 2 aromatic rings. The van der Waals surface area contributed by atoms with E-state index in [1.807, 2.05) is 30.5 Å². The van der Waals surface area contributed by atoms with Gasteiger partial charge in [-0.3, -0.25) is 0 Å². The van der Waals surface area contributed by atoms with Crippen LogP contribution in [0, 0.1) is 0 Å². The van der Waals surface area contributed by atoms with Gasteiger partial charge in [0.15, 0.2) is 0 Å². The summed E-state index contributed by atoms with van der Waals surface area (Å²) < 4.78 is 43.5. The van der Waals surface area contributed by atoms with E-state index in [1.165, 1.54) is 0 Å². The number of hydrogen-bond acceptors (Lipinski definition) is 3. The second kappa shape index (κ2) is 7.09. The van der Waals surface area contributed by atoms with Crippen LogP contribution in [0.1, 0.15) is 18.5 Å². The Morgan fingerprint density at radius 3 is 2.81 bits per heavy atom.